The Labute approximate surface area is 133 Å². The van der Waals surface area contributed by atoms with Crippen LogP contribution in [0.2, 0.25) is 0 Å². The van der Waals surface area contributed by atoms with Crippen molar-refractivity contribution in [3.63, 3.8) is 0 Å². The summed E-state index contributed by atoms with van der Waals surface area (Å²) in [5, 5.41) is 10.4. The van der Waals surface area contributed by atoms with Gasteiger partial charge in [-0.1, -0.05) is 5.16 Å². The van der Waals surface area contributed by atoms with Crippen molar-refractivity contribution in [2.24, 2.45) is 4.99 Å². The highest BCUT2D eigenvalue weighted by Crippen LogP contribution is 2.03. The van der Waals surface area contributed by atoms with E-state index in [0.29, 0.717) is 30.3 Å². The first-order valence-electron chi connectivity index (χ1n) is 8.01. The molecule has 0 saturated carbocycles. The number of aryl methyl sites for hydroxylation is 1. The zero-order chi connectivity index (χ0) is 16.5. The van der Waals surface area contributed by atoms with Crippen LogP contribution in [0.15, 0.2) is 9.52 Å². The second-order valence-corrected chi connectivity index (χ2v) is 5.78. The standard InChI is InChI=1S/C15H30N6O/c1-7-16-15(18-10-14-19-13(6)22-20-14)17-8-9-21(11(2)3)12(4)5/h11-12H,7-10H2,1-6H3,(H2,16,17,18). The SMILES string of the molecule is CCNC(=NCc1noc(C)n1)NCCN(C(C)C)C(C)C. The lowest BCUT2D eigenvalue weighted by Crippen LogP contribution is -2.45. The number of rotatable bonds is 8. The van der Waals surface area contributed by atoms with E-state index < -0.39 is 0 Å². The Morgan fingerprint density at radius 1 is 1.23 bits per heavy atom. The zero-order valence-corrected chi connectivity index (χ0v) is 14.7. The number of hydrogen-bond acceptors (Lipinski definition) is 5. The average molecular weight is 310 g/mol. The molecule has 0 spiro atoms. The van der Waals surface area contributed by atoms with Gasteiger partial charge in [-0.05, 0) is 34.6 Å². The molecule has 0 atom stereocenters. The zero-order valence-electron chi connectivity index (χ0n) is 14.7. The maximum Gasteiger partial charge on any atom is 0.223 e. The molecular formula is C15H30N6O. The van der Waals surface area contributed by atoms with Crippen LogP contribution >= 0.6 is 0 Å². The van der Waals surface area contributed by atoms with Crippen molar-refractivity contribution in [2.75, 3.05) is 19.6 Å². The average Bonchev–Trinajstić information content (AvgIpc) is 2.85. The van der Waals surface area contributed by atoms with Crippen molar-refractivity contribution in [1.82, 2.24) is 25.7 Å². The summed E-state index contributed by atoms with van der Waals surface area (Å²) in [6.45, 7) is 15.7. The monoisotopic (exact) mass is 310 g/mol. The minimum Gasteiger partial charge on any atom is -0.357 e. The molecule has 1 aromatic heterocycles. The number of guanidine groups is 1. The molecule has 0 aliphatic heterocycles. The van der Waals surface area contributed by atoms with Gasteiger partial charge in [0.25, 0.3) is 0 Å². The highest BCUT2D eigenvalue weighted by atomic mass is 16.5. The minimum absolute atomic E-state index is 0.407. The highest BCUT2D eigenvalue weighted by molar-refractivity contribution is 5.79. The molecule has 2 N–H and O–H groups in total. The van der Waals surface area contributed by atoms with Crippen molar-refractivity contribution in [3.8, 4) is 0 Å². The summed E-state index contributed by atoms with van der Waals surface area (Å²) in [5.41, 5.74) is 0. The Morgan fingerprint density at radius 2 is 1.91 bits per heavy atom. The second kappa shape index (κ2) is 9.40. The van der Waals surface area contributed by atoms with Gasteiger partial charge in [-0.25, -0.2) is 4.99 Å². The van der Waals surface area contributed by atoms with Crippen molar-refractivity contribution < 1.29 is 4.52 Å². The van der Waals surface area contributed by atoms with Crippen LogP contribution in [0.4, 0.5) is 0 Å². The molecule has 0 aliphatic carbocycles. The lowest BCUT2D eigenvalue weighted by Gasteiger charge is -2.30. The Kier molecular flexibility index (Phi) is 7.87. The molecule has 7 heteroatoms. The summed E-state index contributed by atoms with van der Waals surface area (Å²) in [6.07, 6.45) is 0. The summed E-state index contributed by atoms with van der Waals surface area (Å²) in [6, 6.07) is 1.06. The molecule has 0 fully saturated rings. The van der Waals surface area contributed by atoms with Crippen LogP contribution in [-0.4, -0.2) is 52.7 Å². The van der Waals surface area contributed by atoms with Gasteiger partial charge in [-0.2, -0.15) is 4.98 Å². The van der Waals surface area contributed by atoms with Crippen LogP contribution < -0.4 is 10.6 Å². The molecule has 0 unspecified atom stereocenters. The third-order valence-corrected chi connectivity index (χ3v) is 3.28. The topological polar surface area (TPSA) is 78.6 Å². The van der Waals surface area contributed by atoms with E-state index >= 15 is 0 Å². The predicted molar refractivity (Wildman–Crippen MR) is 88.8 cm³/mol. The smallest absolute Gasteiger partial charge is 0.223 e. The molecule has 0 aromatic carbocycles. The van der Waals surface area contributed by atoms with E-state index in [-0.39, 0.29) is 0 Å². The van der Waals surface area contributed by atoms with Gasteiger partial charge in [0.15, 0.2) is 11.8 Å². The Morgan fingerprint density at radius 3 is 2.41 bits per heavy atom. The lowest BCUT2D eigenvalue weighted by molar-refractivity contribution is 0.178. The Hall–Kier alpha value is -1.63. The summed E-state index contributed by atoms with van der Waals surface area (Å²) in [7, 11) is 0. The summed E-state index contributed by atoms with van der Waals surface area (Å²) < 4.78 is 4.94. The number of nitrogens with one attached hydrogen (secondary N) is 2. The van der Waals surface area contributed by atoms with Crippen molar-refractivity contribution >= 4 is 5.96 Å². The second-order valence-electron chi connectivity index (χ2n) is 5.78. The third-order valence-electron chi connectivity index (χ3n) is 3.28. The van der Waals surface area contributed by atoms with Crippen LogP contribution in [0.1, 0.15) is 46.3 Å². The van der Waals surface area contributed by atoms with E-state index in [1.54, 1.807) is 6.92 Å². The summed E-state index contributed by atoms with van der Waals surface area (Å²) in [5.74, 6) is 1.94. The largest absolute Gasteiger partial charge is 0.357 e. The van der Waals surface area contributed by atoms with Crippen LogP contribution in [0.5, 0.6) is 0 Å². The van der Waals surface area contributed by atoms with E-state index in [1.807, 2.05) is 6.92 Å². The Bertz CT molecular complexity index is 447. The molecule has 7 nitrogen and oxygen atoms in total. The number of aliphatic imine (C=N–C) groups is 1. The number of aromatic nitrogens is 2. The molecule has 0 amide bonds. The molecular weight excluding hydrogens is 280 g/mol. The van der Waals surface area contributed by atoms with E-state index in [4.69, 9.17) is 4.52 Å². The first-order chi connectivity index (χ1) is 10.4. The van der Waals surface area contributed by atoms with E-state index in [1.165, 1.54) is 0 Å². The van der Waals surface area contributed by atoms with Gasteiger partial charge >= 0.3 is 0 Å². The van der Waals surface area contributed by atoms with Crippen LogP contribution in [0.25, 0.3) is 0 Å². The van der Waals surface area contributed by atoms with Gasteiger partial charge < -0.3 is 15.2 Å². The van der Waals surface area contributed by atoms with Crippen LogP contribution in [0.3, 0.4) is 0 Å². The molecule has 0 radical (unpaired) electrons. The highest BCUT2D eigenvalue weighted by Gasteiger charge is 2.12. The summed E-state index contributed by atoms with van der Waals surface area (Å²) in [4.78, 5) is 11.1. The maximum atomic E-state index is 4.94. The third kappa shape index (κ3) is 6.43. The van der Waals surface area contributed by atoms with Gasteiger partial charge in [-0.15, -0.1) is 0 Å². The van der Waals surface area contributed by atoms with Gasteiger partial charge in [0, 0.05) is 38.6 Å². The van der Waals surface area contributed by atoms with E-state index in [2.05, 4.69) is 58.4 Å². The fourth-order valence-corrected chi connectivity index (χ4v) is 2.31. The van der Waals surface area contributed by atoms with Crippen molar-refractivity contribution in [2.45, 2.75) is 60.2 Å². The predicted octanol–water partition coefficient (Wildman–Crippen LogP) is 1.55. The van der Waals surface area contributed by atoms with Gasteiger partial charge in [0.2, 0.25) is 5.89 Å². The first kappa shape index (κ1) is 18.4. The molecule has 0 saturated heterocycles. The molecule has 22 heavy (non-hydrogen) atoms. The van der Waals surface area contributed by atoms with Crippen molar-refractivity contribution in [1.29, 1.82) is 0 Å². The van der Waals surface area contributed by atoms with Gasteiger partial charge in [0.1, 0.15) is 6.54 Å². The molecule has 1 heterocycles. The van der Waals surface area contributed by atoms with E-state index in [0.717, 1.165) is 25.6 Å². The molecule has 0 aliphatic rings. The Balaban J connectivity index is 2.49. The van der Waals surface area contributed by atoms with Gasteiger partial charge in [0.05, 0.1) is 0 Å². The minimum atomic E-state index is 0.407. The number of hydrogen-bond donors (Lipinski definition) is 2. The fraction of sp³-hybridized carbons (Fsp3) is 0.800. The normalized spacial score (nSPS) is 12.5. The maximum absolute atomic E-state index is 4.94. The van der Waals surface area contributed by atoms with Crippen molar-refractivity contribution in [3.05, 3.63) is 11.7 Å². The lowest BCUT2D eigenvalue weighted by atomic mass is 10.2. The molecule has 1 rings (SSSR count). The van der Waals surface area contributed by atoms with Crippen LogP contribution in [0, 0.1) is 6.92 Å². The molecule has 1 aromatic rings. The molecule has 0 bridgehead atoms. The fourth-order valence-electron chi connectivity index (χ4n) is 2.31. The number of nitrogens with zero attached hydrogens (tertiary/aromatic N) is 4. The molecule has 126 valence electrons. The summed E-state index contributed by atoms with van der Waals surface area (Å²) >= 11 is 0. The quantitative estimate of drug-likeness (QED) is 0.560. The van der Waals surface area contributed by atoms with Crippen LogP contribution in [-0.2, 0) is 6.54 Å². The van der Waals surface area contributed by atoms with E-state index in [9.17, 15) is 0 Å². The first-order valence-corrected chi connectivity index (χ1v) is 8.01. The van der Waals surface area contributed by atoms with Gasteiger partial charge in [-0.3, -0.25) is 4.90 Å².